The largest absolute Gasteiger partial charge is 0.455 e. The first-order valence-electron chi connectivity index (χ1n) is 23.3. The van der Waals surface area contributed by atoms with Crippen LogP contribution in [0.4, 0.5) is 11.4 Å². The molecule has 14 rings (SSSR count). The molecule has 1 aliphatic heterocycles. The van der Waals surface area contributed by atoms with Crippen LogP contribution in [-0.2, 0) is 16.2 Å². The van der Waals surface area contributed by atoms with Crippen molar-refractivity contribution in [3.63, 3.8) is 0 Å². The second kappa shape index (κ2) is 12.9. The molecular weight excluding hydrogens is 787 g/mol. The van der Waals surface area contributed by atoms with Crippen molar-refractivity contribution in [2.75, 3.05) is 4.90 Å². The van der Waals surface area contributed by atoms with Crippen LogP contribution < -0.4 is 9.64 Å². The first kappa shape index (κ1) is 37.0. The maximum Gasteiger partial charge on any atom is 0.140 e. The lowest BCUT2D eigenvalue weighted by Gasteiger charge is -2.42. The third kappa shape index (κ3) is 4.69. The lowest BCUT2D eigenvalue weighted by Crippen LogP contribution is -2.36. The Hall–Kier alpha value is -7.42. The van der Waals surface area contributed by atoms with E-state index in [1.165, 1.54) is 100 Å². The number of benzene rings is 9. The van der Waals surface area contributed by atoms with Crippen molar-refractivity contribution in [2.45, 2.75) is 56.4 Å². The predicted molar refractivity (Wildman–Crippen MR) is 269 cm³/mol. The van der Waals surface area contributed by atoms with E-state index in [-0.39, 0.29) is 16.9 Å². The van der Waals surface area contributed by atoms with Gasteiger partial charge >= 0.3 is 0 Å². The number of allylic oxidation sites excluding steroid dienone is 2. The van der Waals surface area contributed by atoms with Crippen LogP contribution in [0.5, 0.6) is 11.5 Å². The van der Waals surface area contributed by atoms with Crippen molar-refractivity contribution < 1.29 is 4.74 Å². The molecule has 0 bridgehead atoms. The highest BCUT2D eigenvalue weighted by molar-refractivity contribution is 6.02. The molecule has 1 spiro atoms. The molecule has 0 N–H and O–H groups in total. The molecule has 2 nitrogen and oxygen atoms in total. The molecular formula is C63H47NO. The molecule has 0 saturated carbocycles. The molecule has 0 fully saturated rings. The van der Waals surface area contributed by atoms with Gasteiger partial charge in [-0.1, -0.05) is 198 Å². The minimum absolute atomic E-state index is 0.0170. The van der Waals surface area contributed by atoms with Crippen LogP contribution in [0.25, 0.3) is 49.4 Å². The summed E-state index contributed by atoms with van der Waals surface area (Å²) in [5, 5.41) is 4.62. The number of fused-ring (bicyclic) bond motifs is 18. The molecule has 0 saturated heterocycles. The third-order valence-corrected chi connectivity index (χ3v) is 16.1. The number of ether oxygens (including phenoxy) is 1. The standard InChI is InChI=1S/C63H47NO/c1-61(2)49-23-12-9-20-44(49)47-36-40(30-34-51(47)61)64(41-31-35-52-48(37-41)45-21-10-13-24-50(45)62(52,3)4)57-27-15-26-54-58(57)46-22-11-14-25-53(46)63(54)55-32-28-38-16-5-7-18-42(38)59(55)65-60-43-19-8-6-17-39(43)29-33-56(60)63/h5-26,28-37,57H,27H2,1-4H3. The summed E-state index contributed by atoms with van der Waals surface area (Å²) in [5.41, 5.74) is 20.2. The van der Waals surface area contributed by atoms with Crippen LogP contribution in [-0.4, -0.2) is 6.04 Å². The van der Waals surface area contributed by atoms with Crippen LogP contribution in [0.2, 0.25) is 0 Å². The fraction of sp³-hybridized carbons (Fsp3) is 0.143. The van der Waals surface area contributed by atoms with Crippen LogP contribution in [0.1, 0.15) is 78.6 Å². The molecule has 5 aliphatic rings. The van der Waals surface area contributed by atoms with E-state index in [0.717, 1.165) is 28.7 Å². The van der Waals surface area contributed by atoms with Gasteiger partial charge in [-0.25, -0.2) is 0 Å². The smallest absolute Gasteiger partial charge is 0.140 e. The van der Waals surface area contributed by atoms with Gasteiger partial charge in [-0.05, 0) is 108 Å². The minimum atomic E-state index is -0.619. The summed E-state index contributed by atoms with van der Waals surface area (Å²) < 4.78 is 7.32. The van der Waals surface area contributed by atoms with Crippen LogP contribution in [0.3, 0.4) is 0 Å². The van der Waals surface area contributed by atoms with Crippen molar-refractivity contribution in [3.8, 4) is 33.8 Å². The van der Waals surface area contributed by atoms with Crippen molar-refractivity contribution in [3.05, 3.63) is 244 Å². The topological polar surface area (TPSA) is 12.5 Å². The van der Waals surface area contributed by atoms with Crippen LogP contribution >= 0.6 is 0 Å². The van der Waals surface area contributed by atoms with Gasteiger partial charge in [-0.2, -0.15) is 0 Å². The van der Waals surface area contributed by atoms with Gasteiger partial charge in [0.15, 0.2) is 0 Å². The number of hydrogen-bond donors (Lipinski definition) is 0. The van der Waals surface area contributed by atoms with E-state index < -0.39 is 5.41 Å². The molecule has 65 heavy (non-hydrogen) atoms. The molecule has 2 heteroatoms. The Morgan fingerprint density at radius 1 is 0.431 bits per heavy atom. The molecule has 4 aliphatic carbocycles. The van der Waals surface area contributed by atoms with Crippen LogP contribution in [0.15, 0.2) is 200 Å². The van der Waals surface area contributed by atoms with E-state index in [2.05, 4.69) is 227 Å². The summed E-state index contributed by atoms with van der Waals surface area (Å²) >= 11 is 0. The van der Waals surface area contributed by atoms with E-state index >= 15 is 0 Å². The first-order chi connectivity index (χ1) is 31.8. The minimum Gasteiger partial charge on any atom is -0.455 e. The Bertz CT molecular complexity index is 3440. The summed E-state index contributed by atoms with van der Waals surface area (Å²) in [7, 11) is 0. The SMILES string of the molecule is CC1(C)c2ccccc2-c2cc(N(c3ccc4c(c3)-c3ccccc3C4(C)C)C3CC=CC4=C3c3ccccc3C43c4ccc5ccccc5c4Oc4c3ccc3ccccc43)ccc21. The van der Waals surface area contributed by atoms with E-state index in [1.54, 1.807) is 0 Å². The second-order valence-corrected chi connectivity index (χ2v) is 19.9. The number of nitrogens with zero attached hydrogens (tertiary/aromatic N) is 1. The Balaban J connectivity index is 1.07. The summed E-state index contributed by atoms with van der Waals surface area (Å²) in [4.78, 5) is 2.69. The molecule has 0 amide bonds. The number of anilines is 2. The van der Waals surface area contributed by atoms with E-state index in [4.69, 9.17) is 4.74 Å². The Morgan fingerprint density at radius 3 is 1.43 bits per heavy atom. The zero-order valence-electron chi connectivity index (χ0n) is 37.1. The molecule has 1 unspecified atom stereocenters. The van der Waals surface area contributed by atoms with E-state index in [9.17, 15) is 0 Å². The fourth-order valence-corrected chi connectivity index (χ4v) is 13.1. The third-order valence-electron chi connectivity index (χ3n) is 16.1. The van der Waals surface area contributed by atoms with E-state index in [0.29, 0.717) is 0 Å². The summed E-state index contributed by atoms with van der Waals surface area (Å²) in [5.74, 6) is 1.89. The Morgan fingerprint density at radius 2 is 0.877 bits per heavy atom. The molecule has 9 aromatic rings. The summed E-state index contributed by atoms with van der Waals surface area (Å²) in [6.07, 6.45) is 5.78. The van der Waals surface area contributed by atoms with Gasteiger partial charge in [-0.15, -0.1) is 0 Å². The number of rotatable bonds is 3. The lowest BCUT2D eigenvalue weighted by molar-refractivity contribution is 0.446. The normalized spacial score (nSPS) is 18.0. The fourth-order valence-electron chi connectivity index (χ4n) is 13.1. The highest BCUT2D eigenvalue weighted by Gasteiger charge is 2.54. The first-order valence-corrected chi connectivity index (χ1v) is 23.3. The van der Waals surface area contributed by atoms with Crippen LogP contribution in [0, 0.1) is 0 Å². The number of hydrogen-bond acceptors (Lipinski definition) is 2. The average molecular weight is 834 g/mol. The zero-order chi connectivity index (χ0) is 43.4. The zero-order valence-corrected chi connectivity index (χ0v) is 37.1. The van der Waals surface area contributed by atoms with Gasteiger partial charge < -0.3 is 9.64 Å². The Kier molecular flexibility index (Phi) is 7.32. The van der Waals surface area contributed by atoms with Crippen molar-refractivity contribution in [2.24, 2.45) is 0 Å². The van der Waals surface area contributed by atoms with Gasteiger partial charge in [0, 0.05) is 44.1 Å². The van der Waals surface area contributed by atoms with Crippen molar-refractivity contribution in [1.29, 1.82) is 0 Å². The van der Waals surface area contributed by atoms with Gasteiger partial charge in [0.2, 0.25) is 0 Å². The van der Waals surface area contributed by atoms with Crippen molar-refractivity contribution >= 4 is 38.5 Å². The highest BCUT2D eigenvalue weighted by Crippen LogP contribution is 2.65. The summed E-state index contributed by atoms with van der Waals surface area (Å²) in [6, 6.07) is 68.7. The van der Waals surface area contributed by atoms with Gasteiger partial charge in [-0.3, -0.25) is 0 Å². The van der Waals surface area contributed by atoms with Gasteiger partial charge in [0.05, 0.1) is 11.5 Å². The monoisotopic (exact) mass is 833 g/mol. The Labute approximate surface area is 380 Å². The average Bonchev–Trinajstić information content (AvgIpc) is 3.86. The molecule has 1 atom stereocenters. The maximum absolute atomic E-state index is 7.32. The van der Waals surface area contributed by atoms with E-state index in [1.807, 2.05) is 0 Å². The molecule has 0 radical (unpaired) electrons. The maximum atomic E-state index is 7.32. The molecule has 310 valence electrons. The predicted octanol–water partition coefficient (Wildman–Crippen LogP) is 16.0. The van der Waals surface area contributed by atoms with Gasteiger partial charge in [0.25, 0.3) is 0 Å². The molecule has 9 aromatic carbocycles. The lowest BCUT2D eigenvalue weighted by atomic mass is 9.64. The molecule has 0 aromatic heterocycles. The highest BCUT2D eigenvalue weighted by atomic mass is 16.5. The molecule has 1 heterocycles. The summed E-state index contributed by atoms with van der Waals surface area (Å²) in [6.45, 7) is 9.51. The second-order valence-electron chi connectivity index (χ2n) is 19.9. The van der Waals surface area contributed by atoms with Gasteiger partial charge in [0.1, 0.15) is 11.5 Å². The van der Waals surface area contributed by atoms with Crippen molar-refractivity contribution in [1.82, 2.24) is 0 Å². The quantitative estimate of drug-likeness (QED) is 0.176.